The van der Waals surface area contributed by atoms with Crippen molar-refractivity contribution in [3.8, 4) is 0 Å². The van der Waals surface area contributed by atoms with Gasteiger partial charge >= 0.3 is 0 Å². The molecule has 1 aliphatic heterocycles. The van der Waals surface area contributed by atoms with Crippen LogP contribution in [-0.4, -0.2) is 44.6 Å². The molecule has 5 nitrogen and oxygen atoms in total. The molecule has 2 aliphatic carbocycles. The lowest BCUT2D eigenvalue weighted by Crippen LogP contribution is -2.37. The molecule has 0 aromatic heterocycles. The Bertz CT molecular complexity index is 656. The van der Waals surface area contributed by atoms with Gasteiger partial charge < -0.3 is 10.6 Å². The number of amides is 1. The van der Waals surface area contributed by atoms with Gasteiger partial charge in [0, 0.05) is 41.1 Å². The van der Waals surface area contributed by atoms with Gasteiger partial charge in [0.25, 0.3) is 5.91 Å². The van der Waals surface area contributed by atoms with E-state index in [-0.39, 0.29) is 18.3 Å². The Morgan fingerprint density at radius 1 is 1.04 bits per heavy atom. The minimum Gasteiger partial charge on any atom is -0.349 e. The van der Waals surface area contributed by atoms with Gasteiger partial charge in [0.05, 0.1) is 0 Å². The number of hydrogen-bond donors (Lipinski definition) is 4. The van der Waals surface area contributed by atoms with Crippen molar-refractivity contribution in [1.82, 2.24) is 10.6 Å². The van der Waals surface area contributed by atoms with E-state index < -0.39 is 10.6 Å². The molecule has 1 saturated heterocycles. The van der Waals surface area contributed by atoms with Crippen LogP contribution in [0.2, 0.25) is 0 Å². The number of carbonyl (C=O) groups is 1. The normalized spacial score (nSPS) is 29.0. The first-order valence-electron chi connectivity index (χ1n) is 9.91. The van der Waals surface area contributed by atoms with Gasteiger partial charge in [-0.05, 0) is 49.8 Å². The van der Waals surface area contributed by atoms with Crippen LogP contribution >= 0.6 is 23.0 Å². The average Bonchev–Trinajstić information content (AvgIpc) is 3.20. The highest BCUT2D eigenvalue weighted by Gasteiger charge is 2.40. The van der Waals surface area contributed by atoms with E-state index in [2.05, 4.69) is 16.7 Å². The first-order valence-corrected chi connectivity index (χ1v) is 11.8. The van der Waals surface area contributed by atoms with E-state index in [0.717, 1.165) is 37.7 Å². The van der Waals surface area contributed by atoms with Crippen LogP contribution in [0, 0.1) is 0 Å². The van der Waals surface area contributed by atoms with Crippen molar-refractivity contribution in [2.75, 3.05) is 11.5 Å². The van der Waals surface area contributed by atoms with Crippen molar-refractivity contribution in [3.63, 3.8) is 0 Å². The zero-order chi connectivity index (χ0) is 18.1. The summed E-state index contributed by atoms with van der Waals surface area (Å²) in [5, 5.41) is 6.84. The van der Waals surface area contributed by atoms with Gasteiger partial charge in [-0.15, -0.1) is 12.4 Å². The molecule has 2 saturated carbocycles. The summed E-state index contributed by atoms with van der Waals surface area (Å²) in [4.78, 5) is 12.5. The Balaban J connectivity index is 0.00000210. The molecule has 4 rings (SSSR count). The van der Waals surface area contributed by atoms with Crippen molar-refractivity contribution >= 4 is 28.9 Å². The Hall–Kier alpha value is -0.790. The molecule has 152 valence electrons. The third-order valence-electron chi connectivity index (χ3n) is 6.09. The van der Waals surface area contributed by atoms with Crippen LogP contribution in [0.15, 0.2) is 24.3 Å². The molecule has 0 radical (unpaired) electrons. The topological polar surface area (TPSA) is 81.6 Å². The minimum absolute atomic E-state index is 0. The van der Waals surface area contributed by atoms with E-state index in [4.69, 9.17) is 0 Å². The van der Waals surface area contributed by atoms with Crippen LogP contribution in [0.25, 0.3) is 0 Å². The zero-order valence-electron chi connectivity index (χ0n) is 15.6. The Morgan fingerprint density at radius 3 is 2.44 bits per heavy atom. The summed E-state index contributed by atoms with van der Waals surface area (Å²) in [6.45, 7) is 0. The molecule has 27 heavy (non-hydrogen) atoms. The minimum atomic E-state index is -2.31. The number of halogens is 1. The number of benzene rings is 1. The molecule has 1 heterocycles. The van der Waals surface area contributed by atoms with Crippen LogP contribution in [0.3, 0.4) is 0 Å². The maximum atomic E-state index is 12.5. The molecule has 4 N–H and O–H groups in total. The van der Waals surface area contributed by atoms with E-state index in [9.17, 15) is 13.9 Å². The maximum Gasteiger partial charge on any atom is 0.251 e. The molecule has 3 aliphatic rings. The van der Waals surface area contributed by atoms with Crippen LogP contribution < -0.4 is 10.6 Å². The summed E-state index contributed by atoms with van der Waals surface area (Å²) in [6, 6.07) is 9.26. The maximum absolute atomic E-state index is 12.5. The third-order valence-corrected chi connectivity index (χ3v) is 7.87. The van der Waals surface area contributed by atoms with E-state index in [1.165, 1.54) is 18.4 Å². The highest BCUT2D eigenvalue weighted by Crippen LogP contribution is 2.46. The van der Waals surface area contributed by atoms with Crippen molar-refractivity contribution in [1.29, 1.82) is 0 Å². The number of nitrogens with one attached hydrogen (secondary N) is 2. The Morgan fingerprint density at radius 2 is 1.74 bits per heavy atom. The van der Waals surface area contributed by atoms with Gasteiger partial charge in [0.2, 0.25) is 0 Å². The van der Waals surface area contributed by atoms with Gasteiger partial charge in [-0.2, -0.15) is 10.6 Å². The monoisotopic (exact) mass is 414 g/mol. The summed E-state index contributed by atoms with van der Waals surface area (Å²) in [7, 11) is -2.31. The SMILES string of the molecule is Cl.O=C(NC1CCCC1)c1cccc(C2CC2NC2CCS(O)(O)CC2)c1. The third kappa shape index (κ3) is 5.39. The van der Waals surface area contributed by atoms with Gasteiger partial charge in [-0.3, -0.25) is 13.9 Å². The van der Waals surface area contributed by atoms with Crippen LogP contribution in [0.4, 0.5) is 0 Å². The van der Waals surface area contributed by atoms with Crippen molar-refractivity contribution in [2.45, 2.75) is 69.0 Å². The summed E-state index contributed by atoms with van der Waals surface area (Å²) in [6.07, 6.45) is 7.43. The summed E-state index contributed by atoms with van der Waals surface area (Å²) >= 11 is 0. The lowest BCUT2D eigenvalue weighted by atomic mass is 10.1. The van der Waals surface area contributed by atoms with Crippen molar-refractivity contribution in [2.24, 2.45) is 0 Å². The van der Waals surface area contributed by atoms with Crippen LogP contribution in [0.1, 0.15) is 66.8 Å². The predicted octanol–water partition coefficient (Wildman–Crippen LogP) is 4.14. The molecule has 1 aromatic rings. The van der Waals surface area contributed by atoms with E-state index in [1.54, 1.807) is 0 Å². The largest absolute Gasteiger partial charge is 0.349 e. The van der Waals surface area contributed by atoms with Gasteiger partial charge in [0.15, 0.2) is 0 Å². The average molecular weight is 415 g/mol. The van der Waals surface area contributed by atoms with Crippen molar-refractivity contribution in [3.05, 3.63) is 35.4 Å². The smallest absolute Gasteiger partial charge is 0.251 e. The van der Waals surface area contributed by atoms with Crippen molar-refractivity contribution < 1.29 is 13.9 Å². The predicted molar refractivity (Wildman–Crippen MR) is 113 cm³/mol. The molecule has 2 atom stereocenters. The second-order valence-electron chi connectivity index (χ2n) is 8.18. The molecule has 7 heteroatoms. The highest BCUT2D eigenvalue weighted by molar-refractivity contribution is 8.24. The number of hydrogen-bond acceptors (Lipinski definition) is 4. The molecule has 0 bridgehead atoms. The Labute approximate surface area is 169 Å². The molecular formula is C20H31ClN2O3S. The number of carbonyl (C=O) groups excluding carboxylic acids is 1. The molecule has 1 aromatic carbocycles. The van der Waals surface area contributed by atoms with Crippen LogP contribution in [0.5, 0.6) is 0 Å². The fourth-order valence-electron chi connectivity index (χ4n) is 4.37. The fraction of sp³-hybridized carbons (Fsp3) is 0.650. The summed E-state index contributed by atoms with van der Waals surface area (Å²) < 4.78 is 19.5. The second-order valence-corrected chi connectivity index (χ2v) is 10.6. The van der Waals surface area contributed by atoms with E-state index >= 15 is 0 Å². The van der Waals surface area contributed by atoms with Gasteiger partial charge in [-0.1, -0.05) is 25.0 Å². The first kappa shape index (κ1) is 20.9. The first-order chi connectivity index (χ1) is 12.5. The Kier molecular flexibility index (Phi) is 6.75. The standard InChI is InChI=1S/C20H30N2O3S.ClH/c23-20(22-16-6-1-2-7-16)15-5-3-4-14(12-15)18-13-19(18)21-17-8-10-26(24,25)11-9-17;/h3-5,12,16-19,21,24-25H,1-2,6-11,13H2,(H,22,23);1H. The number of rotatable bonds is 5. The van der Waals surface area contributed by atoms with Gasteiger partial charge in [0.1, 0.15) is 0 Å². The van der Waals surface area contributed by atoms with Gasteiger partial charge in [-0.25, -0.2) is 0 Å². The molecule has 3 fully saturated rings. The quantitative estimate of drug-likeness (QED) is 0.583. The van der Waals surface area contributed by atoms with E-state index in [1.807, 2.05) is 18.2 Å². The molecule has 0 spiro atoms. The highest BCUT2D eigenvalue weighted by atomic mass is 35.5. The molecule has 2 unspecified atom stereocenters. The fourth-order valence-corrected chi connectivity index (χ4v) is 5.90. The zero-order valence-corrected chi connectivity index (χ0v) is 17.2. The van der Waals surface area contributed by atoms with E-state index in [0.29, 0.717) is 35.5 Å². The summed E-state index contributed by atoms with van der Waals surface area (Å²) in [5.74, 6) is 1.58. The summed E-state index contributed by atoms with van der Waals surface area (Å²) in [5.41, 5.74) is 2.01. The van der Waals surface area contributed by atoms with Crippen LogP contribution in [-0.2, 0) is 0 Å². The lowest BCUT2D eigenvalue weighted by Gasteiger charge is -2.39. The lowest BCUT2D eigenvalue weighted by molar-refractivity contribution is 0.0937. The molecular weight excluding hydrogens is 384 g/mol. The second kappa shape index (κ2) is 8.70. The molecule has 1 amide bonds.